The van der Waals surface area contributed by atoms with Crippen molar-refractivity contribution in [2.24, 2.45) is 0 Å². The van der Waals surface area contributed by atoms with Crippen LogP contribution in [0.1, 0.15) is 35.3 Å². The Morgan fingerprint density at radius 2 is 1.88 bits per heavy atom. The predicted octanol–water partition coefficient (Wildman–Crippen LogP) is 3.62. The number of carbonyl (C=O) groups excluding carboxylic acids is 2. The molecule has 0 saturated heterocycles. The lowest BCUT2D eigenvalue weighted by atomic mass is 10.1. The van der Waals surface area contributed by atoms with Crippen LogP contribution in [0, 0.1) is 11.6 Å². The van der Waals surface area contributed by atoms with Crippen molar-refractivity contribution in [2.75, 3.05) is 6.54 Å². The minimum Gasteiger partial charge on any atom is -0.351 e. The molecule has 2 N–H and O–H groups in total. The van der Waals surface area contributed by atoms with E-state index in [0.29, 0.717) is 10.6 Å². The molecule has 0 aliphatic rings. The molecule has 2 rings (SSSR count). The van der Waals surface area contributed by atoms with Crippen molar-refractivity contribution in [1.29, 1.82) is 0 Å². The molecule has 0 aliphatic heterocycles. The van der Waals surface area contributed by atoms with Gasteiger partial charge in [-0.15, -0.1) is 0 Å². The van der Waals surface area contributed by atoms with E-state index in [1.54, 1.807) is 31.2 Å². The lowest BCUT2D eigenvalue weighted by Crippen LogP contribution is -2.32. The Balaban J connectivity index is 1.82. The van der Waals surface area contributed by atoms with Gasteiger partial charge in [0.05, 0.1) is 16.6 Å². The quantitative estimate of drug-likeness (QED) is 0.820. The average Bonchev–Trinajstić information content (AvgIpc) is 2.54. The highest BCUT2D eigenvalue weighted by molar-refractivity contribution is 6.33. The summed E-state index contributed by atoms with van der Waals surface area (Å²) in [6, 6.07) is 9.14. The van der Waals surface area contributed by atoms with Crippen molar-refractivity contribution in [3.05, 3.63) is 70.2 Å². The maximum absolute atomic E-state index is 13.7. The van der Waals surface area contributed by atoms with Gasteiger partial charge in [-0.3, -0.25) is 9.59 Å². The van der Waals surface area contributed by atoms with E-state index in [-0.39, 0.29) is 30.3 Å². The van der Waals surface area contributed by atoms with E-state index >= 15 is 0 Å². The maximum Gasteiger partial charge on any atom is 0.252 e. The van der Waals surface area contributed by atoms with Gasteiger partial charge in [0, 0.05) is 24.6 Å². The number of halogens is 3. The lowest BCUT2D eigenvalue weighted by molar-refractivity contribution is -0.121. The molecule has 0 radical (unpaired) electrons. The first-order chi connectivity index (χ1) is 11.9. The SMILES string of the molecule is C[C@H](NC(=O)CCNC(=O)c1ccccc1Cl)c1ccc(F)cc1F. The maximum atomic E-state index is 13.7. The predicted molar refractivity (Wildman–Crippen MR) is 91.3 cm³/mol. The number of hydrogen-bond acceptors (Lipinski definition) is 2. The van der Waals surface area contributed by atoms with E-state index in [9.17, 15) is 18.4 Å². The zero-order valence-corrected chi connectivity index (χ0v) is 14.2. The molecule has 0 aromatic heterocycles. The zero-order valence-electron chi connectivity index (χ0n) is 13.5. The van der Waals surface area contributed by atoms with Gasteiger partial charge in [-0.1, -0.05) is 29.8 Å². The molecule has 0 unspecified atom stereocenters. The fourth-order valence-corrected chi connectivity index (χ4v) is 2.50. The van der Waals surface area contributed by atoms with Gasteiger partial charge in [-0.2, -0.15) is 0 Å². The molecule has 0 fully saturated rings. The molecule has 0 heterocycles. The first-order valence-corrected chi connectivity index (χ1v) is 8.03. The Morgan fingerprint density at radius 3 is 2.56 bits per heavy atom. The van der Waals surface area contributed by atoms with Crippen LogP contribution in [-0.2, 0) is 4.79 Å². The average molecular weight is 367 g/mol. The highest BCUT2D eigenvalue weighted by Gasteiger charge is 2.15. The standard InChI is InChI=1S/C18H17ClF2N2O2/c1-11(13-7-6-12(20)10-16(13)21)23-17(24)8-9-22-18(25)14-4-2-3-5-15(14)19/h2-7,10-11H,8-9H2,1H3,(H,22,25)(H,23,24)/t11-/m0/s1. The molecule has 25 heavy (non-hydrogen) atoms. The van der Waals surface area contributed by atoms with Crippen molar-refractivity contribution in [2.45, 2.75) is 19.4 Å². The Kier molecular flexibility index (Phi) is 6.47. The summed E-state index contributed by atoms with van der Waals surface area (Å²) in [5, 5.41) is 5.52. The fraction of sp³-hybridized carbons (Fsp3) is 0.222. The normalized spacial score (nSPS) is 11.7. The summed E-state index contributed by atoms with van der Waals surface area (Å²) in [7, 11) is 0. The van der Waals surface area contributed by atoms with E-state index in [1.165, 1.54) is 6.07 Å². The third-order valence-electron chi connectivity index (χ3n) is 3.56. The highest BCUT2D eigenvalue weighted by Crippen LogP contribution is 2.18. The van der Waals surface area contributed by atoms with Crippen LogP contribution in [-0.4, -0.2) is 18.4 Å². The van der Waals surface area contributed by atoms with E-state index in [2.05, 4.69) is 10.6 Å². The molecular formula is C18H17ClF2N2O2. The summed E-state index contributed by atoms with van der Waals surface area (Å²) in [6.45, 7) is 1.70. The van der Waals surface area contributed by atoms with E-state index in [4.69, 9.17) is 11.6 Å². The van der Waals surface area contributed by atoms with Crippen molar-refractivity contribution in [3.63, 3.8) is 0 Å². The van der Waals surface area contributed by atoms with Crippen LogP contribution in [0.4, 0.5) is 8.78 Å². The van der Waals surface area contributed by atoms with E-state index in [1.807, 2.05) is 0 Å². The van der Waals surface area contributed by atoms with Crippen LogP contribution in [0.3, 0.4) is 0 Å². The molecule has 2 amide bonds. The van der Waals surface area contributed by atoms with Crippen LogP contribution in [0.2, 0.25) is 5.02 Å². The van der Waals surface area contributed by atoms with Crippen LogP contribution < -0.4 is 10.6 Å². The summed E-state index contributed by atoms with van der Waals surface area (Å²) in [5.41, 5.74) is 0.515. The molecule has 4 nitrogen and oxygen atoms in total. The number of rotatable bonds is 6. The van der Waals surface area contributed by atoms with Gasteiger partial charge in [-0.05, 0) is 25.1 Å². The second-order valence-electron chi connectivity index (χ2n) is 5.44. The Hall–Kier alpha value is -2.47. The minimum atomic E-state index is -0.722. The molecule has 132 valence electrons. The molecule has 0 spiro atoms. The first kappa shape index (κ1) is 18.9. The summed E-state index contributed by atoms with van der Waals surface area (Å²) < 4.78 is 26.6. The third kappa shape index (κ3) is 5.26. The van der Waals surface area contributed by atoms with Gasteiger partial charge < -0.3 is 10.6 Å². The van der Waals surface area contributed by atoms with Crippen LogP contribution in [0.15, 0.2) is 42.5 Å². The molecule has 0 bridgehead atoms. The van der Waals surface area contributed by atoms with Crippen molar-refractivity contribution in [1.82, 2.24) is 10.6 Å². The molecule has 1 atom stereocenters. The second-order valence-corrected chi connectivity index (χ2v) is 5.85. The van der Waals surface area contributed by atoms with Crippen LogP contribution >= 0.6 is 11.6 Å². The van der Waals surface area contributed by atoms with Crippen LogP contribution in [0.25, 0.3) is 0 Å². The van der Waals surface area contributed by atoms with Gasteiger partial charge in [0.15, 0.2) is 0 Å². The largest absolute Gasteiger partial charge is 0.351 e. The second kappa shape index (κ2) is 8.58. The van der Waals surface area contributed by atoms with Crippen molar-refractivity contribution < 1.29 is 18.4 Å². The Bertz CT molecular complexity index is 783. The van der Waals surface area contributed by atoms with Crippen molar-refractivity contribution in [3.8, 4) is 0 Å². The Morgan fingerprint density at radius 1 is 1.16 bits per heavy atom. The van der Waals surface area contributed by atoms with Gasteiger partial charge in [0.1, 0.15) is 11.6 Å². The number of benzene rings is 2. The minimum absolute atomic E-state index is 0.0172. The fourth-order valence-electron chi connectivity index (χ4n) is 2.27. The number of hydrogen-bond donors (Lipinski definition) is 2. The van der Waals surface area contributed by atoms with Gasteiger partial charge in [-0.25, -0.2) is 8.78 Å². The van der Waals surface area contributed by atoms with Gasteiger partial charge in [0.25, 0.3) is 5.91 Å². The van der Waals surface area contributed by atoms with Gasteiger partial charge >= 0.3 is 0 Å². The molecular weight excluding hydrogens is 350 g/mol. The molecule has 0 saturated carbocycles. The zero-order chi connectivity index (χ0) is 18.4. The van der Waals surface area contributed by atoms with Crippen LogP contribution in [0.5, 0.6) is 0 Å². The number of carbonyl (C=O) groups is 2. The summed E-state index contributed by atoms with van der Waals surface area (Å²) >= 11 is 5.92. The number of amides is 2. The third-order valence-corrected chi connectivity index (χ3v) is 3.89. The molecule has 2 aromatic carbocycles. The lowest BCUT2D eigenvalue weighted by Gasteiger charge is -2.15. The smallest absolute Gasteiger partial charge is 0.252 e. The van der Waals surface area contributed by atoms with E-state index in [0.717, 1.165) is 12.1 Å². The number of nitrogens with one attached hydrogen (secondary N) is 2. The summed E-state index contributed by atoms with van der Waals surface area (Å²) in [4.78, 5) is 23.9. The highest BCUT2D eigenvalue weighted by atomic mass is 35.5. The molecule has 2 aromatic rings. The summed E-state index contributed by atoms with van der Waals surface area (Å²) in [5.74, 6) is -2.14. The van der Waals surface area contributed by atoms with E-state index < -0.39 is 17.7 Å². The molecule has 7 heteroatoms. The molecule has 0 aliphatic carbocycles. The van der Waals surface area contributed by atoms with Crippen molar-refractivity contribution >= 4 is 23.4 Å². The monoisotopic (exact) mass is 366 g/mol. The topological polar surface area (TPSA) is 58.2 Å². The first-order valence-electron chi connectivity index (χ1n) is 7.65. The Labute approximate surface area is 149 Å². The summed E-state index contributed by atoms with van der Waals surface area (Å²) in [6.07, 6.45) is 0.0172. The van der Waals surface area contributed by atoms with Gasteiger partial charge in [0.2, 0.25) is 5.91 Å².